The van der Waals surface area contributed by atoms with Gasteiger partial charge < -0.3 is 9.47 Å². The molecule has 0 spiro atoms. The van der Waals surface area contributed by atoms with Crippen LogP contribution in [0.15, 0.2) is 12.1 Å². The second-order valence-electron chi connectivity index (χ2n) is 8.64. The third kappa shape index (κ3) is 2.58. The zero-order valence-corrected chi connectivity index (χ0v) is 16.6. The molecule has 3 rings (SSSR count). The van der Waals surface area contributed by atoms with Crippen molar-refractivity contribution in [3.05, 3.63) is 28.8 Å². The van der Waals surface area contributed by atoms with Crippen LogP contribution < -0.4 is 4.74 Å². The van der Waals surface area contributed by atoms with Crippen molar-refractivity contribution in [1.82, 2.24) is 0 Å². The van der Waals surface area contributed by atoms with Gasteiger partial charge in [0.1, 0.15) is 5.75 Å². The first-order chi connectivity index (χ1) is 11.8. The lowest BCUT2D eigenvalue weighted by Gasteiger charge is -2.54. The minimum absolute atomic E-state index is 0.0115. The number of fused-ring (bicyclic) bond motifs is 3. The summed E-state index contributed by atoms with van der Waals surface area (Å²) in [6.07, 6.45) is 5.11. The minimum Gasteiger partial charge on any atom is -0.496 e. The number of carbonyl (C=O) groups excluding carboxylic acids is 1. The fourth-order valence-corrected chi connectivity index (χ4v) is 5.72. The molecule has 3 nitrogen and oxygen atoms in total. The van der Waals surface area contributed by atoms with E-state index in [4.69, 9.17) is 9.47 Å². The van der Waals surface area contributed by atoms with Gasteiger partial charge in [-0.2, -0.15) is 0 Å². The molecule has 0 N–H and O–H groups in total. The molecule has 2 aliphatic carbocycles. The monoisotopic (exact) mass is 344 g/mol. The van der Waals surface area contributed by atoms with Crippen LogP contribution in [0.5, 0.6) is 5.75 Å². The van der Waals surface area contributed by atoms with E-state index < -0.39 is 0 Å². The average Bonchev–Trinajstić information content (AvgIpc) is 2.59. The van der Waals surface area contributed by atoms with E-state index in [0.717, 1.165) is 37.9 Å². The highest BCUT2D eigenvalue weighted by atomic mass is 16.5. The van der Waals surface area contributed by atoms with E-state index in [0.29, 0.717) is 11.8 Å². The Morgan fingerprint density at radius 2 is 1.92 bits per heavy atom. The summed E-state index contributed by atoms with van der Waals surface area (Å²) >= 11 is 0. The number of esters is 1. The Hall–Kier alpha value is -1.51. The highest BCUT2D eigenvalue weighted by molar-refractivity contribution is 5.77. The van der Waals surface area contributed by atoms with Crippen LogP contribution >= 0.6 is 0 Å². The Morgan fingerprint density at radius 3 is 2.52 bits per heavy atom. The molecule has 25 heavy (non-hydrogen) atoms. The summed E-state index contributed by atoms with van der Waals surface area (Å²) in [5.74, 6) is 1.79. The van der Waals surface area contributed by atoms with E-state index in [-0.39, 0.29) is 16.8 Å². The molecule has 1 aromatic carbocycles. The third-order valence-corrected chi connectivity index (χ3v) is 7.00. The third-order valence-electron chi connectivity index (χ3n) is 7.00. The van der Waals surface area contributed by atoms with Crippen molar-refractivity contribution in [2.24, 2.45) is 11.3 Å². The zero-order valence-electron chi connectivity index (χ0n) is 16.6. The van der Waals surface area contributed by atoms with Crippen molar-refractivity contribution in [3.8, 4) is 5.75 Å². The summed E-state index contributed by atoms with van der Waals surface area (Å²) in [7, 11) is 3.31. The van der Waals surface area contributed by atoms with Gasteiger partial charge in [0.2, 0.25) is 0 Å². The normalized spacial score (nSPS) is 31.2. The van der Waals surface area contributed by atoms with Gasteiger partial charge in [-0.05, 0) is 66.5 Å². The summed E-state index contributed by atoms with van der Waals surface area (Å²) in [6, 6.07) is 4.54. The van der Waals surface area contributed by atoms with Crippen molar-refractivity contribution in [2.45, 2.75) is 71.1 Å². The largest absolute Gasteiger partial charge is 0.496 e. The predicted molar refractivity (Wildman–Crippen MR) is 100 cm³/mol. The van der Waals surface area contributed by atoms with E-state index in [2.05, 4.69) is 39.8 Å². The van der Waals surface area contributed by atoms with E-state index in [1.165, 1.54) is 23.8 Å². The lowest BCUT2D eigenvalue weighted by Crippen LogP contribution is -2.52. The number of benzene rings is 1. The topological polar surface area (TPSA) is 35.5 Å². The second-order valence-corrected chi connectivity index (χ2v) is 8.64. The van der Waals surface area contributed by atoms with Crippen molar-refractivity contribution >= 4 is 5.97 Å². The van der Waals surface area contributed by atoms with E-state index in [1.54, 1.807) is 7.11 Å². The summed E-state index contributed by atoms with van der Waals surface area (Å²) in [5.41, 5.74) is 3.66. The lowest BCUT2D eigenvalue weighted by molar-refractivity contribution is -0.161. The van der Waals surface area contributed by atoms with Gasteiger partial charge in [-0.25, -0.2) is 0 Å². The van der Waals surface area contributed by atoms with Gasteiger partial charge in [-0.1, -0.05) is 39.3 Å². The number of hydrogen-bond donors (Lipinski definition) is 0. The predicted octanol–water partition coefficient (Wildman–Crippen LogP) is 5.00. The number of rotatable bonds is 3. The standard InChI is InChI=1S/C22H32O3/c1-14(2)15-8-10-17-16(19(15)24-5)9-11-18-21(17,3)12-7-13-22(18,4)20(23)25-6/h8,10,14,18H,7,9,11-13H2,1-6H3/t18?,21-,22-/m1/s1. The molecule has 3 heteroatoms. The minimum atomic E-state index is -0.386. The Kier molecular flexibility index (Phi) is 4.63. The molecule has 0 radical (unpaired) electrons. The molecule has 1 unspecified atom stereocenters. The summed E-state index contributed by atoms with van der Waals surface area (Å²) in [5, 5.41) is 0. The van der Waals surface area contributed by atoms with Gasteiger partial charge in [-0.3, -0.25) is 4.79 Å². The first kappa shape index (κ1) is 18.3. The molecule has 0 amide bonds. The molecular formula is C22H32O3. The molecule has 1 fully saturated rings. The van der Waals surface area contributed by atoms with Gasteiger partial charge in [0.25, 0.3) is 0 Å². The maximum absolute atomic E-state index is 12.6. The molecule has 0 aliphatic heterocycles. The first-order valence-corrected chi connectivity index (χ1v) is 9.58. The van der Waals surface area contributed by atoms with Crippen LogP contribution in [0.4, 0.5) is 0 Å². The van der Waals surface area contributed by atoms with Crippen molar-refractivity contribution in [3.63, 3.8) is 0 Å². The number of carbonyl (C=O) groups is 1. The number of methoxy groups -OCH3 is 2. The van der Waals surface area contributed by atoms with Crippen LogP contribution in [0.2, 0.25) is 0 Å². The van der Waals surface area contributed by atoms with Crippen LogP contribution in [0.1, 0.15) is 76.0 Å². The molecule has 0 heterocycles. The Labute approximate surface area is 152 Å². The zero-order chi connectivity index (χ0) is 18.4. The molecule has 0 saturated heterocycles. The van der Waals surface area contributed by atoms with Gasteiger partial charge >= 0.3 is 5.97 Å². The molecule has 3 atom stereocenters. The maximum atomic E-state index is 12.6. The van der Waals surface area contributed by atoms with E-state index >= 15 is 0 Å². The quantitative estimate of drug-likeness (QED) is 0.724. The fourth-order valence-electron chi connectivity index (χ4n) is 5.72. The molecule has 2 aliphatic rings. The molecule has 1 saturated carbocycles. The SMILES string of the molecule is COC(=O)[C@]1(C)CCC[C@]2(C)c3ccc(C(C)C)c(OC)c3CCC12. The molecule has 138 valence electrons. The highest BCUT2D eigenvalue weighted by Gasteiger charge is 2.56. The average molecular weight is 344 g/mol. The molecule has 1 aromatic rings. The summed E-state index contributed by atoms with van der Waals surface area (Å²) < 4.78 is 11.1. The smallest absolute Gasteiger partial charge is 0.311 e. The van der Waals surface area contributed by atoms with E-state index in [9.17, 15) is 4.79 Å². The lowest BCUT2D eigenvalue weighted by atomic mass is 9.49. The van der Waals surface area contributed by atoms with Gasteiger partial charge in [-0.15, -0.1) is 0 Å². The van der Waals surface area contributed by atoms with Crippen LogP contribution in [-0.2, 0) is 21.4 Å². The molecular weight excluding hydrogens is 312 g/mol. The Morgan fingerprint density at radius 1 is 1.20 bits per heavy atom. The van der Waals surface area contributed by atoms with Crippen LogP contribution in [-0.4, -0.2) is 20.2 Å². The molecule has 0 aromatic heterocycles. The van der Waals surface area contributed by atoms with Gasteiger partial charge in [0, 0.05) is 0 Å². The summed E-state index contributed by atoms with van der Waals surface area (Å²) in [6.45, 7) is 8.90. The number of hydrogen-bond acceptors (Lipinski definition) is 3. The highest BCUT2D eigenvalue weighted by Crippen LogP contribution is 2.59. The Bertz CT molecular complexity index is 678. The maximum Gasteiger partial charge on any atom is 0.311 e. The van der Waals surface area contributed by atoms with E-state index in [1.807, 2.05) is 0 Å². The Balaban J connectivity index is 2.14. The summed E-state index contributed by atoms with van der Waals surface area (Å²) in [4.78, 5) is 12.6. The van der Waals surface area contributed by atoms with Crippen molar-refractivity contribution in [2.75, 3.05) is 14.2 Å². The first-order valence-electron chi connectivity index (χ1n) is 9.58. The van der Waals surface area contributed by atoms with Crippen LogP contribution in [0, 0.1) is 11.3 Å². The number of ether oxygens (including phenoxy) is 2. The van der Waals surface area contributed by atoms with Crippen molar-refractivity contribution < 1.29 is 14.3 Å². The van der Waals surface area contributed by atoms with Gasteiger partial charge in [0.05, 0.1) is 19.6 Å². The van der Waals surface area contributed by atoms with Crippen LogP contribution in [0.25, 0.3) is 0 Å². The van der Waals surface area contributed by atoms with Crippen molar-refractivity contribution in [1.29, 1.82) is 0 Å². The fraction of sp³-hybridized carbons (Fsp3) is 0.682. The van der Waals surface area contributed by atoms with Gasteiger partial charge in [0.15, 0.2) is 0 Å². The van der Waals surface area contributed by atoms with Crippen LogP contribution in [0.3, 0.4) is 0 Å². The second kappa shape index (κ2) is 6.34. The molecule has 0 bridgehead atoms.